The van der Waals surface area contributed by atoms with E-state index in [9.17, 15) is 27.6 Å². The van der Waals surface area contributed by atoms with Crippen molar-refractivity contribution in [3.8, 4) is 0 Å². The van der Waals surface area contributed by atoms with Crippen molar-refractivity contribution in [1.29, 1.82) is 0 Å². The van der Waals surface area contributed by atoms with Crippen molar-refractivity contribution >= 4 is 28.6 Å². The van der Waals surface area contributed by atoms with Gasteiger partial charge in [0.15, 0.2) is 23.2 Å². The number of hydrogen-bond acceptors (Lipinski definition) is 5. The van der Waals surface area contributed by atoms with Crippen molar-refractivity contribution in [2.24, 2.45) is 0 Å². The van der Waals surface area contributed by atoms with Crippen molar-refractivity contribution in [3.63, 3.8) is 0 Å². The molecule has 0 bridgehead atoms. The molecule has 2 unspecified atom stereocenters. The zero-order valence-corrected chi connectivity index (χ0v) is 13.9. The predicted molar refractivity (Wildman–Crippen MR) is 84.4 cm³/mol. The Morgan fingerprint density at radius 1 is 1.16 bits per heavy atom. The second-order valence-electron chi connectivity index (χ2n) is 5.92. The van der Waals surface area contributed by atoms with Crippen LogP contribution >= 0.6 is 11.8 Å². The third-order valence-corrected chi connectivity index (χ3v) is 5.27. The van der Waals surface area contributed by atoms with E-state index in [0.717, 1.165) is 30.7 Å². The van der Waals surface area contributed by atoms with Gasteiger partial charge in [0.05, 0.1) is 17.5 Å². The van der Waals surface area contributed by atoms with Crippen LogP contribution in [0.3, 0.4) is 0 Å². The summed E-state index contributed by atoms with van der Waals surface area (Å²) in [5.74, 6) is -5.71. The van der Waals surface area contributed by atoms with Crippen LogP contribution in [-0.4, -0.2) is 46.2 Å². The van der Waals surface area contributed by atoms with Gasteiger partial charge in [0.25, 0.3) is 5.91 Å². The molecule has 25 heavy (non-hydrogen) atoms. The molecule has 1 amide bonds. The molecule has 2 aliphatic rings. The minimum absolute atomic E-state index is 0.0957. The molecule has 0 aromatic heterocycles. The van der Waals surface area contributed by atoms with E-state index in [1.165, 1.54) is 0 Å². The Morgan fingerprint density at radius 3 is 2.60 bits per heavy atom. The molecule has 2 aliphatic heterocycles. The molecular formula is C16H15F3N2O3S. The van der Waals surface area contributed by atoms with E-state index in [1.54, 1.807) is 4.90 Å². The Morgan fingerprint density at radius 2 is 1.92 bits per heavy atom. The van der Waals surface area contributed by atoms with E-state index in [2.05, 4.69) is 5.32 Å². The highest BCUT2D eigenvalue weighted by Gasteiger charge is 2.42. The molecule has 9 heteroatoms. The van der Waals surface area contributed by atoms with E-state index >= 15 is 0 Å². The molecule has 134 valence electrons. The maximum Gasteiger partial charge on any atom is 0.255 e. The Labute approximate surface area is 145 Å². The number of Topliss-reactive ketones (excluding diaryl/α,β-unsaturated/α-hetero) is 1. The number of amides is 1. The van der Waals surface area contributed by atoms with Crippen LogP contribution in [0.15, 0.2) is 12.1 Å². The Kier molecular flexibility index (Phi) is 5.14. The quantitative estimate of drug-likeness (QED) is 0.648. The number of piperidine rings is 1. The fraction of sp³-hybridized carbons (Fsp3) is 0.438. The molecule has 5 nitrogen and oxygen atoms in total. The molecule has 1 N–H and O–H groups in total. The minimum atomic E-state index is -1.72. The normalized spacial score (nSPS) is 24.6. The maximum absolute atomic E-state index is 13.8. The molecule has 0 aliphatic carbocycles. The fourth-order valence-corrected chi connectivity index (χ4v) is 3.97. The molecule has 1 aromatic rings. The van der Waals surface area contributed by atoms with Crippen LogP contribution in [0.5, 0.6) is 0 Å². The second-order valence-corrected chi connectivity index (χ2v) is 6.90. The molecule has 1 aromatic carbocycles. The molecule has 2 saturated heterocycles. The van der Waals surface area contributed by atoms with E-state index in [0.29, 0.717) is 19.0 Å². The number of benzene rings is 1. The number of halogens is 3. The molecule has 2 atom stereocenters. The maximum atomic E-state index is 13.8. The van der Waals surface area contributed by atoms with E-state index < -0.39 is 41.1 Å². The first-order valence-electron chi connectivity index (χ1n) is 7.79. The highest BCUT2D eigenvalue weighted by molar-refractivity contribution is 8.15. The second kappa shape index (κ2) is 7.17. The van der Waals surface area contributed by atoms with Gasteiger partial charge in [0.2, 0.25) is 5.12 Å². The summed E-state index contributed by atoms with van der Waals surface area (Å²) in [7, 11) is 0. The molecule has 0 spiro atoms. The summed E-state index contributed by atoms with van der Waals surface area (Å²) in [4.78, 5) is 37.8. The number of nitrogens with zero attached hydrogens (tertiary/aromatic N) is 1. The van der Waals surface area contributed by atoms with Gasteiger partial charge in [-0.05, 0) is 31.4 Å². The first-order chi connectivity index (χ1) is 11.9. The van der Waals surface area contributed by atoms with Crippen molar-refractivity contribution in [3.05, 3.63) is 35.1 Å². The van der Waals surface area contributed by atoms with Gasteiger partial charge in [-0.2, -0.15) is 0 Å². The fourth-order valence-electron chi connectivity index (χ4n) is 3.10. The molecule has 2 heterocycles. The van der Waals surface area contributed by atoms with Gasteiger partial charge < -0.3 is 5.32 Å². The molecule has 2 fully saturated rings. The molecular weight excluding hydrogens is 357 g/mol. The average molecular weight is 372 g/mol. The van der Waals surface area contributed by atoms with Crippen molar-refractivity contribution < 1.29 is 27.6 Å². The summed E-state index contributed by atoms with van der Waals surface area (Å²) >= 11 is 0.936. The summed E-state index contributed by atoms with van der Waals surface area (Å²) in [5.41, 5.74) is -0.622. The summed E-state index contributed by atoms with van der Waals surface area (Å²) < 4.78 is 40.1. The lowest BCUT2D eigenvalue weighted by molar-refractivity contribution is -0.129. The Hall–Kier alpha value is -1.87. The van der Waals surface area contributed by atoms with Gasteiger partial charge in [-0.15, -0.1) is 0 Å². The number of nitrogens with one attached hydrogen (secondary N) is 1. The summed E-state index contributed by atoms with van der Waals surface area (Å²) in [6, 6.07) is 0.607. The summed E-state index contributed by atoms with van der Waals surface area (Å²) in [6.45, 7) is 0.438. The van der Waals surface area contributed by atoms with Crippen LogP contribution < -0.4 is 5.32 Å². The van der Waals surface area contributed by atoms with Crippen LogP contribution in [0.2, 0.25) is 0 Å². The lowest BCUT2D eigenvalue weighted by atomic mass is 10.0. The number of carbonyl (C=O) groups excluding carboxylic acids is 3. The lowest BCUT2D eigenvalue weighted by Gasteiger charge is -2.38. The van der Waals surface area contributed by atoms with Gasteiger partial charge >= 0.3 is 0 Å². The Bertz CT molecular complexity index is 728. The van der Waals surface area contributed by atoms with Crippen LogP contribution in [0.4, 0.5) is 13.2 Å². The smallest absolute Gasteiger partial charge is 0.255 e. The van der Waals surface area contributed by atoms with Gasteiger partial charge in [-0.3, -0.25) is 19.3 Å². The number of ketones is 1. The number of carbonyl (C=O) groups is 3. The number of thioether (sulfide) groups is 1. The zero-order valence-electron chi connectivity index (χ0n) is 13.1. The van der Waals surface area contributed by atoms with E-state index in [4.69, 9.17) is 0 Å². The minimum Gasteiger partial charge on any atom is -0.336 e. The van der Waals surface area contributed by atoms with Gasteiger partial charge in [0.1, 0.15) is 6.04 Å². The van der Waals surface area contributed by atoms with Gasteiger partial charge in [0, 0.05) is 6.54 Å². The van der Waals surface area contributed by atoms with Gasteiger partial charge in [-0.1, -0.05) is 11.8 Å². The van der Waals surface area contributed by atoms with Crippen LogP contribution in [0.25, 0.3) is 0 Å². The predicted octanol–water partition coefficient (Wildman–Crippen LogP) is 1.86. The third kappa shape index (κ3) is 3.43. The third-order valence-electron chi connectivity index (χ3n) is 4.34. The van der Waals surface area contributed by atoms with Gasteiger partial charge in [-0.25, -0.2) is 13.2 Å². The van der Waals surface area contributed by atoms with E-state index in [1.807, 2.05) is 0 Å². The topological polar surface area (TPSA) is 66.5 Å². The first kappa shape index (κ1) is 17.9. The summed E-state index contributed by atoms with van der Waals surface area (Å²) in [5, 5.41) is 2.26. The zero-order chi connectivity index (χ0) is 18.1. The van der Waals surface area contributed by atoms with Crippen LogP contribution in [0.1, 0.15) is 29.6 Å². The monoisotopic (exact) mass is 372 g/mol. The van der Waals surface area contributed by atoms with Crippen LogP contribution in [-0.2, 0) is 9.59 Å². The van der Waals surface area contributed by atoms with Crippen LogP contribution in [0, 0.1) is 17.5 Å². The lowest BCUT2D eigenvalue weighted by Crippen LogP contribution is -2.57. The SMILES string of the molecule is O=C(NC1CCCCN1C1C(=O)CSC1=O)c1ccc(F)c(F)c1F. The molecule has 0 saturated carbocycles. The first-order valence-corrected chi connectivity index (χ1v) is 8.78. The molecule has 3 rings (SSSR count). The standard InChI is InChI=1S/C16H15F3N2O3S/c17-9-5-4-8(12(18)13(9)19)15(23)20-11-3-1-2-6-21(11)14-10(22)7-25-16(14)24/h4-5,11,14H,1-3,6-7H2,(H,20,23). The van der Waals surface area contributed by atoms with Crippen molar-refractivity contribution in [2.75, 3.05) is 12.3 Å². The summed E-state index contributed by atoms with van der Waals surface area (Å²) in [6.07, 6.45) is 1.33. The highest BCUT2D eigenvalue weighted by Crippen LogP contribution is 2.27. The van der Waals surface area contributed by atoms with Crippen molar-refractivity contribution in [1.82, 2.24) is 10.2 Å². The number of likely N-dealkylation sites (tertiary alicyclic amines) is 1. The van der Waals surface area contributed by atoms with E-state index in [-0.39, 0.29) is 16.7 Å². The largest absolute Gasteiger partial charge is 0.336 e. The average Bonchev–Trinajstić information content (AvgIpc) is 2.92. The highest BCUT2D eigenvalue weighted by atomic mass is 32.2. The van der Waals surface area contributed by atoms with Crippen molar-refractivity contribution in [2.45, 2.75) is 31.5 Å². The number of rotatable bonds is 3. The Balaban J connectivity index is 1.80. The molecule has 0 radical (unpaired) electrons. The number of hydrogen-bond donors (Lipinski definition) is 1.